The molecule has 0 radical (unpaired) electrons. The van der Waals surface area contributed by atoms with Gasteiger partial charge in [0.15, 0.2) is 5.76 Å². The number of amides is 1. The molecule has 0 saturated carbocycles. The van der Waals surface area contributed by atoms with Crippen molar-refractivity contribution in [2.75, 3.05) is 7.11 Å². The molecule has 24 heavy (non-hydrogen) atoms. The van der Waals surface area contributed by atoms with Gasteiger partial charge in [-0.05, 0) is 18.2 Å². The van der Waals surface area contributed by atoms with Crippen LogP contribution in [0.1, 0.15) is 16.1 Å². The van der Waals surface area contributed by atoms with Crippen molar-refractivity contribution in [1.82, 2.24) is 10.5 Å². The van der Waals surface area contributed by atoms with E-state index in [-0.39, 0.29) is 18.0 Å². The van der Waals surface area contributed by atoms with Crippen molar-refractivity contribution >= 4 is 5.91 Å². The van der Waals surface area contributed by atoms with Gasteiger partial charge in [0.05, 0.1) is 19.2 Å². The first kappa shape index (κ1) is 15.5. The van der Waals surface area contributed by atoms with Crippen molar-refractivity contribution in [3.63, 3.8) is 0 Å². The van der Waals surface area contributed by atoms with Gasteiger partial charge in [-0.3, -0.25) is 4.79 Å². The smallest absolute Gasteiger partial charge is 0.335 e. The average Bonchev–Trinajstić information content (AvgIpc) is 3.09. The topological polar surface area (TPSA) is 94.6 Å². The van der Waals surface area contributed by atoms with Gasteiger partial charge in [0, 0.05) is 17.7 Å². The second kappa shape index (κ2) is 6.82. The van der Waals surface area contributed by atoms with E-state index in [2.05, 4.69) is 14.9 Å². The Balaban J connectivity index is 1.66. The molecule has 1 aromatic carbocycles. The summed E-state index contributed by atoms with van der Waals surface area (Å²) in [6.45, 7) is 0.186. The average molecular weight is 326 g/mol. The predicted molar refractivity (Wildman–Crippen MR) is 84.6 cm³/mol. The summed E-state index contributed by atoms with van der Waals surface area (Å²) in [7, 11) is 1.59. The molecular weight excluding hydrogens is 312 g/mol. The Labute approximate surface area is 136 Å². The van der Waals surface area contributed by atoms with Crippen LogP contribution in [0, 0.1) is 0 Å². The molecule has 0 fully saturated rings. The van der Waals surface area contributed by atoms with Crippen molar-refractivity contribution in [2.24, 2.45) is 0 Å². The van der Waals surface area contributed by atoms with Crippen LogP contribution in [0.15, 0.2) is 62.5 Å². The maximum absolute atomic E-state index is 11.9. The second-order valence-corrected chi connectivity index (χ2v) is 4.94. The number of nitrogens with zero attached hydrogens (tertiary/aromatic N) is 1. The largest absolute Gasteiger partial charge is 0.497 e. The zero-order chi connectivity index (χ0) is 16.9. The van der Waals surface area contributed by atoms with E-state index in [0.717, 1.165) is 11.8 Å². The van der Waals surface area contributed by atoms with Crippen LogP contribution >= 0.6 is 0 Å². The van der Waals surface area contributed by atoms with E-state index in [0.29, 0.717) is 17.2 Å². The molecule has 7 nitrogen and oxygen atoms in total. The van der Waals surface area contributed by atoms with Crippen molar-refractivity contribution in [2.45, 2.75) is 6.54 Å². The summed E-state index contributed by atoms with van der Waals surface area (Å²) in [4.78, 5) is 22.8. The maximum atomic E-state index is 11.9. The third-order valence-corrected chi connectivity index (χ3v) is 3.31. The normalized spacial score (nSPS) is 10.4. The molecule has 0 saturated heterocycles. The van der Waals surface area contributed by atoms with Crippen molar-refractivity contribution in [3.05, 3.63) is 70.4 Å². The summed E-state index contributed by atoms with van der Waals surface area (Å²) in [5.41, 5.74) is 1.14. The maximum Gasteiger partial charge on any atom is 0.335 e. The van der Waals surface area contributed by atoms with E-state index >= 15 is 0 Å². The van der Waals surface area contributed by atoms with Gasteiger partial charge in [0.1, 0.15) is 17.7 Å². The van der Waals surface area contributed by atoms with Gasteiger partial charge in [0.2, 0.25) is 0 Å². The third-order valence-electron chi connectivity index (χ3n) is 3.31. The molecule has 2 aromatic heterocycles. The number of hydrogen-bond acceptors (Lipinski definition) is 6. The Morgan fingerprint density at radius 2 is 2.12 bits per heavy atom. The fraction of sp³-hybridized carbons (Fsp3) is 0.118. The van der Waals surface area contributed by atoms with Crippen LogP contribution in [0.4, 0.5) is 0 Å². The van der Waals surface area contributed by atoms with Gasteiger partial charge in [-0.25, -0.2) is 4.79 Å². The molecule has 0 bridgehead atoms. The Bertz CT molecular complexity index is 893. The van der Waals surface area contributed by atoms with Gasteiger partial charge >= 0.3 is 5.63 Å². The lowest BCUT2D eigenvalue weighted by molar-refractivity contribution is 0.0947. The number of carbonyl (C=O) groups is 1. The van der Waals surface area contributed by atoms with Gasteiger partial charge in [-0.15, -0.1) is 0 Å². The first-order valence-electron chi connectivity index (χ1n) is 7.13. The fourth-order valence-corrected chi connectivity index (χ4v) is 2.07. The molecule has 3 aromatic rings. The number of carbonyl (C=O) groups excluding carboxylic acids is 1. The van der Waals surface area contributed by atoms with Crippen LogP contribution in [-0.4, -0.2) is 18.2 Å². The lowest BCUT2D eigenvalue weighted by Crippen LogP contribution is -2.23. The molecule has 122 valence electrons. The highest BCUT2D eigenvalue weighted by Crippen LogP contribution is 2.24. The molecule has 3 rings (SSSR count). The first-order valence-corrected chi connectivity index (χ1v) is 7.13. The van der Waals surface area contributed by atoms with E-state index in [1.165, 1.54) is 12.1 Å². The molecule has 0 aliphatic heterocycles. The molecule has 0 aliphatic carbocycles. The summed E-state index contributed by atoms with van der Waals surface area (Å²) >= 11 is 0. The molecule has 0 spiro atoms. The van der Waals surface area contributed by atoms with Gasteiger partial charge < -0.3 is 19.0 Å². The Kier molecular flexibility index (Phi) is 4.42. The summed E-state index contributed by atoms with van der Waals surface area (Å²) < 4.78 is 15.1. The molecule has 7 heteroatoms. The number of methoxy groups -OCH3 is 1. The lowest BCUT2D eigenvalue weighted by atomic mass is 10.1. The number of benzene rings is 1. The number of ether oxygens (including phenoxy) is 1. The molecule has 0 aliphatic rings. The highest BCUT2D eigenvalue weighted by atomic mass is 16.5. The minimum Gasteiger partial charge on any atom is -0.497 e. The second-order valence-electron chi connectivity index (χ2n) is 4.94. The SMILES string of the molecule is COc1cccc(-c2cc(CNC(=O)c3ccc(=O)oc3)no2)c1. The predicted octanol–water partition coefficient (Wildman–Crippen LogP) is 2.23. The minimum absolute atomic E-state index is 0.186. The monoisotopic (exact) mass is 326 g/mol. The van der Waals surface area contributed by atoms with Gasteiger partial charge in [-0.1, -0.05) is 17.3 Å². The van der Waals surface area contributed by atoms with E-state index < -0.39 is 5.63 Å². The molecule has 0 unspecified atom stereocenters. The zero-order valence-corrected chi connectivity index (χ0v) is 12.8. The minimum atomic E-state index is -0.508. The van der Waals surface area contributed by atoms with E-state index in [9.17, 15) is 9.59 Å². The van der Waals surface area contributed by atoms with Crippen LogP contribution in [0.3, 0.4) is 0 Å². The Morgan fingerprint density at radius 3 is 2.88 bits per heavy atom. The first-order chi connectivity index (χ1) is 11.7. The molecule has 0 atom stereocenters. The summed E-state index contributed by atoms with van der Waals surface area (Å²) in [5, 5.41) is 6.60. The quantitative estimate of drug-likeness (QED) is 0.772. The van der Waals surface area contributed by atoms with E-state index in [1.807, 2.05) is 24.3 Å². The Hall–Kier alpha value is -3.35. The number of nitrogens with one attached hydrogen (secondary N) is 1. The number of hydrogen-bond donors (Lipinski definition) is 1. The summed E-state index contributed by atoms with van der Waals surface area (Å²) in [5.74, 6) is 0.915. The van der Waals surface area contributed by atoms with E-state index in [1.54, 1.807) is 13.2 Å². The van der Waals surface area contributed by atoms with Crippen molar-refractivity contribution in [1.29, 1.82) is 0 Å². The van der Waals surface area contributed by atoms with Gasteiger partial charge in [-0.2, -0.15) is 0 Å². The van der Waals surface area contributed by atoms with Crippen LogP contribution in [0.25, 0.3) is 11.3 Å². The molecular formula is C17H14N2O5. The van der Waals surface area contributed by atoms with Crippen molar-refractivity contribution < 1.29 is 18.5 Å². The standard InChI is InChI=1S/C17H14N2O5/c1-22-14-4-2-3-11(7-14)15-8-13(19-24-15)9-18-17(21)12-5-6-16(20)23-10-12/h2-8,10H,9H2,1H3,(H,18,21). The summed E-state index contributed by atoms with van der Waals surface area (Å²) in [6.07, 6.45) is 1.11. The highest BCUT2D eigenvalue weighted by molar-refractivity contribution is 5.93. The summed E-state index contributed by atoms with van der Waals surface area (Å²) in [6, 6.07) is 11.7. The van der Waals surface area contributed by atoms with Gasteiger partial charge in [0.25, 0.3) is 5.91 Å². The third kappa shape index (κ3) is 3.52. The molecule has 2 heterocycles. The fourth-order valence-electron chi connectivity index (χ4n) is 2.07. The number of rotatable bonds is 5. The molecule has 1 amide bonds. The van der Waals surface area contributed by atoms with Crippen molar-refractivity contribution in [3.8, 4) is 17.1 Å². The lowest BCUT2D eigenvalue weighted by Gasteiger charge is -2.01. The van der Waals surface area contributed by atoms with Crippen LogP contribution in [-0.2, 0) is 6.54 Å². The number of aromatic nitrogens is 1. The van der Waals surface area contributed by atoms with E-state index in [4.69, 9.17) is 9.26 Å². The molecule has 1 N–H and O–H groups in total. The highest BCUT2D eigenvalue weighted by Gasteiger charge is 2.10. The Morgan fingerprint density at radius 1 is 1.25 bits per heavy atom. The zero-order valence-electron chi connectivity index (χ0n) is 12.8. The van der Waals surface area contributed by atoms with Crippen LogP contribution < -0.4 is 15.7 Å². The van der Waals surface area contributed by atoms with Crippen LogP contribution in [0.2, 0.25) is 0 Å². The van der Waals surface area contributed by atoms with Crippen LogP contribution in [0.5, 0.6) is 5.75 Å².